The highest BCUT2D eigenvalue weighted by atomic mass is 19.1. The van der Waals surface area contributed by atoms with Gasteiger partial charge in [0.25, 0.3) is 0 Å². The highest BCUT2D eigenvalue weighted by Crippen LogP contribution is 2.27. The van der Waals surface area contributed by atoms with E-state index in [0.29, 0.717) is 11.1 Å². The number of fused-ring (bicyclic) bond motifs is 1. The molecular weight excluding hydrogens is 311 g/mol. The zero-order valence-corrected chi connectivity index (χ0v) is 12.3. The molecule has 2 N–H and O–H groups in total. The molecule has 4 rings (SSSR count). The van der Waals surface area contributed by atoms with Gasteiger partial charge in [-0.15, -0.1) is 0 Å². The molecule has 4 aromatic heterocycles. The number of H-pyrrole nitrogens is 1. The fraction of sp³-hybridized carbons (Fsp3) is 0. The lowest BCUT2D eigenvalue weighted by Crippen LogP contribution is -2.07. The van der Waals surface area contributed by atoms with E-state index >= 15 is 0 Å². The minimum atomic E-state index is -0.572. The second-order valence-electron chi connectivity index (χ2n) is 5.24. The van der Waals surface area contributed by atoms with E-state index in [9.17, 15) is 14.3 Å². The predicted octanol–water partition coefficient (Wildman–Crippen LogP) is 2.62. The average Bonchev–Trinajstić information content (AvgIpc) is 3.05. The molecule has 0 saturated heterocycles. The molecule has 118 valence electrons. The van der Waals surface area contributed by atoms with Gasteiger partial charge >= 0.3 is 0 Å². The van der Waals surface area contributed by atoms with Crippen molar-refractivity contribution in [2.75, 3.05) is 0 Å². The molecule has 0 unspecified atom stereocenters. The van der Waals surface area contributed by atoms with Crippen LogP contribution in [0.2, 0.25) is 0 Å². The molecule has 0 aliphatic carbocycles. The maximum absolute atomic E-state index is 14.9. The Bertz CT molecular complexity index is 1120. The van der Waals surface area contributed by atoms with Crippen molar-refractivity contribution < 1.29 is 9.50 Å². The molecule has 0 radical (unpaired) electrons. The molecule has 0 saturated carbocycles. The molecule has 7 heteroatoms. The number of halogens is 1. The van der Waals surface area contributed by atoms with Gasteiger partial charge in [0.2, 0.25) is 5.43 Å². The molecule has 0 bridgehead atoms. The summed E-state index contributed by atoms with van der Waals surface area (Å²) < 4.78 is 16.2. The first kappa shape index (κ1) is 14.1. The predicted molar refractivity (Wildman–Crippen MR) is 86.5 cm³/mol. The van der Waals surface area contributed by atoms with Crippen LogP contribution in [-0.4, -0.2) is 24.6 Å². The fourth-order valence-electron chi connectivity index (χ4n) is 2.53. The SMILES string of the molecule is O=c1ccn(-c2nccc(-c3cnc4[nH]ccc4c3)c2F)cc1O. The number of pyridine rings is 3. The molecule has 0 aliphatic rings. The number of hydrogen-bond acceptors (Lipinski definition) is 4. The summed E-state index contributed by atoms with van der Waals surface area (Å²) in [4.78, 5) is 22.5. The molecule has 0 atom stereocenters. The topological polar surface area (TPSA) is 83.8 Å². The Balaban J connectivity index is 1.88. The minimum absolute atomic E-state index is 0.0167. The number of nitrogens with one attached hydrogen (secondary N) is 1. The second-order valence-corrected chi connectivity index (χ2v) is 5.24. The van der Waals surface area contributed by atoms with Crippen molar-refractivity contribution in [2.45, 2.75) is 0 Å². The van der Waals surface area contributed by atoms with Crippen LogP contribution in [0.25, 0.3) is 28.0 Å². The molecule has 0 amide bonds. The summed E-state index contributed by atoms with van der Waals surface area (Å²) in [6, 6.07) is 6.38. The molecular formula is C17H11FN4O2. The molecule has 6 nitrogen and oxygen atoms in total. The van der Waals surface area contributed by atoms with E-state index in [1.807, 2.05) is 12.1 Å². The number of nitrogens with zero attached hydrogens (tertiary/aromatic N) is 3. The van der Waals surface area contributed by atoms with E-state index < -0.39 is 17.0 Å². The van der Waals surface area contributed by atoms with Crippen molar-refractivity contribution in [1.82, 2.24) is 19.5 Å². The van der Waals surface area contributed by atoms with Gasteiger partial charge in [-0.2, -0.15) is 0 Å². The third kappa shape index (κ3) is 2.23. The Kier molecular flexibility index (Phi) is 3.13. The highest BCUT2D eigenvalue weighted by molar-refractivity contribution is 5.81. The molecule has 4 heterocycles. The number of aromatic amines is 1. The Morgan fingerprint density at radius 3 is 2.92 bits per heavy atom. The van der Waals surface area contributed by atoms with Crippen LogP contribution < -0.4 is 5.43 Å². The van der Waals surface area contributed by atoms with Crippen molar-refractivity contribution in [3.63, 3.8) is 0 Å². The van der Waals surface area contributed by atoms with Gasteiger partial charge < -0.3 is 14.7 Å². The lowest BCUT2D eigenvalue weighted by Gasteiger charge is -2.10. The van der Waals surface area contributed by atoms with Gasteiger partial charge in [-0.1, -0.05) is 0 Å². The number of hydrogen-bond donors (Lipinski definition) is 2. The van der Waals surface area contributed by atoms with Crippen LogP contribution in [0.15, 0.2) is 60.0 Å². The van der Waals surface area contributed by atoms with Gasteiger partial charge in [-0.3, -0.25) is 4.79 Å². The summed E-state index contributed by atoms with van der Waals surface area (Å²) in [5.74, 6) is -1.06. The number of rotatable bonds is 2. The van der Waals surface area contributed by atoms with Crippen molar-refractivity contribution in [3.8, 4) is 22.7 Å². The van der Waals surface area contributed by atoms with Crippen molar-refractivity contribution in [2.24, 2.45) is 0 Å². The summed E-state index contributed by atoms with van der Waals surface area (Å²) in [5.41, 5.74) is 1.12. The normalized spacial score (nSPS) is 11.0. The van der Waals surface area contributed by atoms with Gasteiger partial charge in [0.1, 0.15) is 5.65 Å². The van der Waals surface area contributed by atoms with E-state index in [1.54, 1.807) is 18.5 Å². The fourth-order valence-corrected chi connectivity index (χ4v) is 2.53. The van der Waals surface area contributed by atoms with E-state index in [1.165, 1.54) is 17.0 Å². The summed E-state index contributed by atoms with van der Waals surface area (Å²) in [6.45, 7) is 0. The standard InChI is InChI=1S/C17H11FN4O2/c18-15-12(11-7-10-1-4-19-16(10)21-8-11)2-5-20-17(15)22-6-3-13(23)14(24)9-22/h1-9,24H,(H,19,21). The molecule has 24 heavy (non-hydrogen) atoms. The first-order valence-electron chi connectivity index (χ1n) is 7.13. The van der Waals surface area contributed by atoms with Crippen molar-refractivity contribution >= 4 is 11.0 Å². The van der Waals surface area contributed by atoms with Crippen molar-refractivity contribution in [1.29, 1.82) is 0 Å². The molecule has 0 aliphatic heterocycles. The Labute approximate surface area is 134 Å². The summed E-state index contributed by atoms with van der Waals surface area (Å²) in [6.07, 6.45) is 7.28. The van der Waals surface area contributed by atoms with Gasteiger partial charge in [0.05, 0.1) is 6.20 Å². The van der Waals surface area contributed by atoms with Crippen LogP contribution in [0.3, 0.4) is 0 Å². The maximum atomic E-state index is 14.9. The van der Waals surface area contributed by atoms with E-state index in [2.05, 4.69) is 15.0 Å². The number of aromatic hydroxyl groups is 1. The Hall–Kier alpha value is -3.48. The summed E-state index contributed by atoms with van der Waals surface area (Å²) in [7, 11) is 0. The van der Waals surface area contributed by atoms with Crippen LogP contribution in [0, 0.1) is 5.82 Å². The summed E-state index contributed by atoms with van der Waals surface area (Å²) >= 11 is 0. The highest BCUT2D eigenvalue weighted by Gasteiger charge is 2.14. The molecule has 0 spiro atoms. The lowest BCUT2D eigenvalue weighted by atomic mass is 10.1. The lowest BCUT2D eigenvalue weighted by molar-refractivity contribution is 0.464. The smallest absolute Gasteiger partial charge is 0.223 e. The van der Waals surface area contributed by atoms with Gasteiger partial charge in [-0.05, 0) is 18.2 Å². The van der Waals surface area contributed by atoms with Crippen LogP contribution in [0.4, 0.5) is 4.39 Å². The molecule has 0 aromatic carbocycles. The molecule has 4 aromatic rings. The van der Waals surface area contributed by atoms with Gasteiger partial charge in [-0.25, -0.2) is 14.4 Å². The van der Waals surface area contributed by atoms with Crippen LogP contribution in [-0.2, 0) is 0 Å². The van der Waals surface area contributed by atoms with Crippen LogP contribution in [0.1, 0.15) is 0 Å². The second kappa shape index (κ2) is 5.31. The van der Waals surface area contributed by atoms with E-state index in [-0.39, 0.29) is 5.82 Å². The number of aromatic nitrogens is 4. The Morgan fingerprint density at radius 2 is 2.08 bits per heavy atom. The van der Waals surface area contributed by atoms with Gasteiger partial charge in [0.15, 0.2) is 17.4 Å². The minimum Gasteiger partial charge on any atom is -0.503 e. The maximum Gasteiger partial charge on any atom is 0.223 e. The van der Waals surface area contributed by atoms with E-state index in [0.717, 1.165) is 23.3 Å². The quantitative estimate of drug-likeness (QED) is 0.594. The first-order valence-corrected chi connectivity index (χ1v) is 7.13. The third-order valence-corrected chi connectivity index (χ3v) is 3.73. The zero-order chi connectivity index (χ0) is 16.7. The van der Waals surface area contributed by atoms with Crippen molar-refractivity contribution in [3.05, 3.63) is 71.3 Å². The largest absolute Gasteiger partial charge is 0.503 e. The third-order valence-electron chi connectivity index (χ3n) is 3.73. The Morgan fingerprint density at radius 1 is 1.21 bits per heavy atom. The summed E-state index contributed by atoms with van der Waals surface area (Å²) in [5, 5.41) is 10.4. The molecule has 0 fully saturated rings. The first-order chi connectivity index (χ1) is 11.6. The van der Waals surface area contributed by atoms with E-state index in [4.69, 9.17) is 0 Å². The van der Waals surface area contributed by atoms with Crippen LogP contribution >= 0.6 is 0 Å². The zero-order valence-electron chi connectivity index (χ0n) is 12.3. The monoisotopic (exact) mass is 322 g/mol. The van der Waals surface area contributed by atoms with Crippen LogP contribution in [0.5, 0.6) is 5.75 Å². The average molecular weight is 322 g/mol. The van der Waals surface area contributed by atoms with Gasteiger partial charge in [0, 0.05) is 47.4 Å².